The van der Waals surface area contributed by atoms with Gasteiger partial charge < -0.3 is 48.8 Å². The maximum absolute atomic E-state index is 10.9. The van der Waals surface area contributed by atoms with Crippen LogP contribution >= 0.6 is 0 Å². The van der Waals surface area contributed by atoms with Crippen LogP contribution in [0.15, 0.2) is 0 Å². The Morgan fingerprint density at radius 1 is 0.784 bits per heavy atom. The molecule has 0 aromatic rings. The fourth-order valence-corrected chi connectivity index (χ4v) is 5.52. The van der Waals surface area contributed by atoms with E-state index in [1.807, 2.05) is 27.7 Å². The largest absolute Gasteiger partial charge is 0.388 e. The number of rotatable bonds is 6. The molecule has 13 atom stereocenters. The molecule has 220 valence electrons. The number of hydrogen-bond acceptors (Lipinski definition) is 10. The molecule has 3 saturated heterocycles. The summed E-state index contributed by atoms with van der Waals surface area (Å²) in [4.78, 5) is 0. The molecule has 1 unspecified atom stereocenters. The first kappa shape index (κ1) is 32.8. The second kappa shape index (κ2) is 13.8. The summed E-state index contributed by atoms with van der Waals surface area (Å²) in [6, 6.07) is 0. The number of ether oxygens (including phenoxy) is 6. The van der Waals surface area contributed by atoms with Gasteiger partial charge in [-0.15, -0.1) is 0 Å². The molecule has 4 N–H and O–H groups in total. The first-order valence-corrected chi connectivity index (χ1v) is 13.6. The summed E-state index contributed by atoms with van der Waals surface area (Å²) in [6.45, 7) is 15.4. The van der Waals surface area contributed by atoms with Crippen LogP contribution in [0.25, 0.3) is 0 Å². The van der Waals surface area contributed by atoms with Crippen molar-refractivity contribution in [1.82, 2.24) is 0 Å². The number of aliphatic hydroxyl groups excluding tert-OH is 3. The van der Waals surface area contributed by atoms with Gasteiger partial charge in [-0.3, -0.25) is 0 Å². The number of aliphatic hydroxyl groups is 4. The highest BCUT2D eigenvalue weighted by Gasteiger charge is 2.48. The third-order valence-corrected chi connectivity index (χ3v) is 7.83. The average Bonchev–Trinajstić information content (AvgIpc) is 2.81. The molecule has 3 rings (SSSR count). The Balaban J connectivity index is 0.000000294. The van der Waals surface area contributed by atoms with Crippen molar-refractivity contribution in [3.8, 4) is 0 Å². The van der Waals surface area contributed by atoms with Crippen LogP contribution in [-0.2, 0) is 28.4 Å². The molecule has 3 heterocycles. The van der Waals surface area contributed by atoms with Crippen LogP contribution in [0.1, 0.15) is 68.2 Å². The van der Waals surface area contributed by atoms with E-state index in [0.717, 1.165) is 0 Å². The minimum Gasteiger partial charge on any atom is -0.388 e. The van der Waals surface area contributed by atoms with E-state index >= 15 is 0 Å². The number of methoxy groups -OCH3 is 2. The van der Waals surface area contributed by atoms with Crippen LogP contribution in [0.5, 0.6) is 0 Å². The monoisotopic (exact) mass is 536 g/mol. The Kier molecular flexibility index (Phi) is 12.2. The zero-order valence-corrected chi connectivity index (χ0v) is 24.2. The van der Waals surface area contributed by atoms with Crippen molar-refractivity contribution in [2.45, 2.75) is 147 Å². The summed E-state index contributed by atoms with van der Waals surface area (Å²) in [6.07, 6.45) is -4.36. The molecule has 10 nitrogen and oxygen atoms in total. The summed E-state index contributed by atoms with van der Waals surface area (Å²) in [7, 11) is 3.08. The molecule has 3 aliphatic heterocycles. The van der Waals surface area contributed by atoms with E-state index in [1.54, 1.807) is 21.0 Å². The highest BCUT2D eigenvalue weighted by Crippen LogP contribution is 2.36. The lowest BCUT2D eigenvalue weighted by Gasteiger charge is -2.48. The summed E-state index contributed by atoms with van der Waals surface area (Å²) >= 11 is 0. The Bertz CT molecular complexity index is 672. The lowest BCUT2D eigenvalue weighted by atomic mass is 9.83. The van der Waals surface area contributed by atoms with E-state index in [0.29, 0.717) is 18.8 Å². The van der Waals surface area contributed by atoms with Gasteiger partial charge in [-0.05, 0) is 39.5 Å². The van der Waals surface area contributed by atoms with Crippen molar-refractivity contribution < 1.29 is 48.8 Å². The minimum atomic E-state index is -0.988. The zero-order chi connectivity index (χ0) is 28.2. The van der Waals surface area contributed by atoms with E-state index in [4.69, 9.17) is 28.4 Å². The molecule has 0 spiro atoms. The van der Waals surface area contributed by atoms with Gasteiger partial charge >= 0.3 is 0 Å². The van der Waals surface area contributed by atoms with Crippen molar-refractivity contribution in [3.05, 3.63) is 0 Å². The van der Waals surface area contributed by atoms with Gasteiger partial charge in [0.1, 0.15) is 30.5 Å². The van der Waals surface area contributed by atoms with Gasteiger partial charge in [0.15, 0.2) is 6.29 Å². The fourth-order valence-electron chi connectivity index (χ4n) is 5.52. The Hall–Kier alpha value is -0.400. The Labute approximate surface area is 222 Å². The second-order valence-electron chi connectivity index (χ2n) is 11.7. The summed E-state index contributed by atoms with van der Waals surface area (Å²) in [5.41, 5.74) is -0.988. The van der Waals surface area contributed by atoms with Crippen LogP contribution in [0.3, 0.4) is 0 Å². The SMILES string of the molecule is CO[C@@H]1C[C@H](O[C@H]2[C@H](C)OC(C(C)C)C[C@]2(C)O)O[C@H](C)[C@H]1O.CO[C@@H]1[C@@H](O)[C@H](O)[C@H](C(C)C)O[C@H]1C. The molecular weight excluding hydrogens is 484 g/mol. The predicted molar refractivity (Wildman–Crippen MR) is 137 cm³/mol. The van der Waals surface area contributed by atoms with E-state index < -0.39 is 42.4 Å². The summed E-state index contributed by atoms with van der Waals surface area (Å²) < 4.78 is 33.8. The van der Waals surface area contributed by atoms with Crippen LogP contribution in [0.2, 0.25) is 0 Å². The molecular formula is C27H52O10. The molecule has 0 aromatic heterocycles. The molecule has 37 heavy (non-hydrogen) atoms. The van der Waals surface area contributed by atoms with Gasteiger partial charge in [0, 0.05) is 27.1 Å². The van der Waals surface area contributed by atoms with Gasteiger partial charge in [0.25, 0.3) is 0 Å². The third-order valence-electron chi connectivity index (χ3n) is 7.83. The molecule has 0 saturated carbocycles. The summed E-state index contributed by atoms with van der Waals surface area (Å²) in [5.74, 6) is 0.517. The topological polar surface area (TPSA) is 136 Å². The lowest BCUT2D eigenvalue weighted by Crippen LogP contribution is -2.59. The van der Waals surface area contributed by atoms with E-state index in [1.165, 1.54) is 7.11 Å². The molecule has 0 radical (unpaired) electrons. The zero-order valence-electron chi connectivity index (χ0n) is 24.2. The normalized spacial score (nSPS) is 47.0. The molecule has 0 bridgehead atoms. The van der Waals surface area contributed by atoms with Gasteiger partial charge in [-0.2, -0.15) is 0 Å². The first-order valence-electron chi connectivity index (χ1n) is 13.6. The highest BCUT2D eigenvalue weighted by atomic mass is 16.7. The minimum absolute atomic E-state index is 0.0135. The quantitative estimate of drug-likeness (QED) is 0.397. The van der Waals surface area contributed by atoms with Crippen LogP contribution in [0, 0.1) is 11.8 Å². The predicted octanol–water partition coefficient (Wildman–Crippen LogP) is 1.63. The number of hydrogen-bond donors (Lipinski definition) is 4. The second-order valence-corrected chi connectivity index (χ2v) is 11.7. The van der Waals surface area contributed by atoms with Crippen molar-refractivity contribution in [3.63, 3.8) is 0 Å². The standard InChI is InChI=1S/C17H32O6.C10H20O4/c1-9(2)13-8-17(5,19)16(11(4)21-13)23-14-7-12(20-6)15(18)10(3)22-14;1-5(2)9-7(11)8(12)10(13-4)6(3)14-9/h9-16,18-19H,7-8H2,1-6H3;5-12H,1-4H3/t10-,11+,12-,13?,14+,15-,16+,17+;6-,7-,8-,9-,10-/m10/s1. The van der Waals surface area contributed by atoms with Gasteiger partial charge in [-0.25, -0.2) is 0 Å². The average molecular weight is 537 g/mol. The van der Waals surface area contributed by atoms with Crippen molar-refractivity contribution in [2.24, 2.45) is 11.8 Å². The van der Waals surface area contributed by atoms with E-state index in [2.05, 4.69) is 13.8 Å². The fraction of sp³-hybridized carbons (Fsp3) is 1.00. The van der Waals surface area contributed by atoms with Gasteiger partial charge in [0.05, 0.1) is 42.2 Å². The van der Waals surface area contributed by atoms with E-state index in [9.17, 15) is 20.4 Å². The first-order chi connectivity index (χ1) is 17.1. The van der Waals surface area contributed by atoms with Crippen molar-refractivity contribution >= 4 is 0 Å². The molecule has 0 amide bonds. The Morgan fingerprint density at radius 3 is 1.89 bits per heavy atom. The smallest absolute Gasteiger partial charge is 0.161 e. The van der Waals surface area contributed by atoms with Gasteiger partial charge in [-0.1, -0.05) is 27.7 Å². The molecule has 0 aliphatic carbocycles. The Morgan fingerprint density at radius 2 is 1.41 bits per heavy atom. The van der Waals surface area contributed by atoms with Crippen LogP contribution in [-0.4, -0.2) is 114 Å². The third kappa shape index (κ3) is 8.06. The van der Waals surface area contributed by atoms with Crippen LogP contribution < -0.4 is 0 Å². The summed E-state index contributed by atoms with van der Waals surface area (Å²) in [5, 5.41) is 40.4. The van der Waals surface area contributed by atoms with Gasteiger partial charge in [0.2, 0.25) is 0 Å². The van der Waals surface area contributed by atoms with E-state index in [-0.39, 0.29) is 42.5 Å². The van der Waals surface area contributed by atoms with Crippen molar-refractivity contribution in [2.75, 3.05) is 14.2 Å². The molecule has 0 aromatic carbocycles. The molecule has 3 aliphatic rings. The maximum atomic E-state index is 10.9. The highest BCUT2D eigenvalue weighted by molar-refractivity contribution is 4.96. The van der Waals surface area contributed by atoms with Crippen molar-refractivity contribution in [1.29, 1.82) is 0 Å². The lowest BCUT2D eigenvalue weighted by molar-refractivity contribution is -0.312. The van der Waals surface area contributed by atoms with Crippen LogP contribution in [0.4, 0.5) is 0 Å². The maximum Gasteiger partial charge on any atom is 0.161 e. The molecule has 10 heteroatoms. The molecule has 3 fully saturated rings.